The normalized spacial score (nSPS) is 21.3. The van der Waals surface area contributed by atoms with Gasteiger partial charge >= 0.3 is 5.97 Å². The number of nitrogens with zero attached hydrogens (tertiary/aromatic N) is 1. The molecule has 1 N–H and O–H groups in total. The molecule has 1 heterocycles. The third kappa shape index (κ3) is 3.09. The highest BCUT2D eigenvalue weighted by Gasteiger charge is 2.32. The van der Waals surface area contributed by atoms with Crippen molar-refractivity contribution in [2.75, 3.05) is 23.5 Å². The zero-order chi connectivity index (χ0) is 14.2. The standard InChI is InChI=1S/C12H14BrNO4S/c1-14(9-4-5-19(17,18)7-9)11-3-2-8(13)6-10(11)12(15)16/h2-3,6,9H,4-5,7H2,1H3,(H,15,16). The Kier molecular flexibility index (Phi) is 3.87. The Balaban J connectivity index is 2.34. The Morgan fingerprint density at radius 3 is 2.68 bits per heavy atom. The van der Waals surface area contributed by atoms with Crippen LogP contribution in [0.15, 0.2) is 22.7 Å². The second-order valence-electron chi connectivity index (χ2n) is 4.63. The zero-order valence-corrected chi connectivity index (χ0v) is 12.7. The summed E-state index contributed by atoms with van der Waals surface area (Å²) in [5, 5.41) is 9.22. The van der Waals surface area contributed by atoms with Crippen molar-refractivity contribution in [3.05, 3.63) is 28.2 Å². The number of benzene rings is 1. The lowest BCUT2D eigenvalue weighted by Crippen LogP contribution is -2.33. The SMILES string of the molecule is CN(c1ccc(Br)cc1C(=O)O)C1CCS(=O)(=O)C1. The molecule has 104 valence electrons. The van der Waals surface area contributed by atoms with Crippen LogP contribution in [-0.2, 0) is 9.84 Å². The monoisotopic (exact) mass is 347 g/mol. The molecule has 0 radical (unpaired) electrons. The molecule has 0 bridgehead atoms. The molecule has 19 heavy (non-hydrogen) atoms. The van der Waals surface area contributed by atoms with Gasteiger partial charge in [-0.25, -0.2) is 13.2 Å². The van der Waals surface area contributed by atoms with Crippen LogP contribution in [0.1, 0.15) is 16.8 Å². The molecule has 0 aliphatic carbocycles. The maximum absolute atomic E-state index is 11.5. The second-order valence-corrected chi connectivity index (χ2v) is 7.78. The molecule has 1 aromatic carbocycles. The van der Waals surface area contributed by atoms with Crippen LogP contribution < -0.4 is 4.90 Å². The molecule has 1 aromatic rings. The number of carboxylic acids is 1. The first kappa shape index (κ1) is 14.3. The molecule has 5 nitrogen and oxygen atoms in total. The smallest absolute Gasteiger partial charge is 0.337 e. The minimum absolute atomic E-state index is 0.0820. The van der Waals surface area contributed by atoms with Crippen LogP contribution in [-0.4, -0.2) is 44.1 Å². The van der Waals surface area contributed by atoms with Crippen LogP contribution in [0.2, 0.25) is 0 Å². The summed E-state index contributed by atoms with van der Waals surface area (Å²) in [7, 11) is -1.25. The van der Waals surface area contributed by atoms with Gasteiger partial charge in [-0.2, -0.15) is 0 Å². The number of rotatable bonds is 3. The lowest BCUT2D eigenvalue weighted by atomic mass is 10.1. The quantitative estimate of drug-likeness (QED) is 0.901. The second kappa shape index (κ2) is 5.13. The molecule has 1 aliphatic heterocycles. The molecule has 1 unspecified atom stereocenters. The topological polar surface area (TPSA) is 74.7 Å². The van der Waals surface area contributed by atoms with E-state index in [1.54, 1.807) is 24.1 Å². The fraction of sp³-hybridized carbons (Fsp3) is 0.417. The molecule has 0 amide bonds. The van der Waals surface area contributed by atoms with E-state index in [2.05, 4.69) is 15.9 Å². The molecular weight excluding hydrogens is 334 g/mol. The predicted octanol–water partition coefficient (Wildman–Crippen LogP) is 1.77. The van der Waals surface area contributed by atoms with Crippen LogP contribution in [0.4, 0.5) is 5.69 Å². The summed E-state index contributed by atoms with van der Waals surface area (Å²) >= 11 is 3.24. The van der Waals surface area contributed by atoms with E-state index in [4.69, 9.17) is 0 Å². The van der Waals surface area contributed by atoms with Crippen molar-refractivity contribution in [1.29, 1.82) is 0 Å². The number of carboxylic acid groups (broad SMARTS) is 1. The summed E-state index contributed by atoms with van der Waals surface area (Å²) in [5.74, 6) is -0.775. The van der Waals surface area contributed by atoms with Gasteiger partial charge in [-0.15, -0.1) is 0 Å². The van der Waals surface area contributed by atoms with E-state index in [-0.39, 0.29) is 23.1 Å². The molecule has 1 aliphatic rings. The third-order valence-electron chi connectivity index (χ3n) is 3.33. The van der Waals surface area contributed by atoms with Gasteiger partial charge in [0.25, 0.3) is 0 Å². The van der Waals surface area contributed by atoms with E-state index >= 15 is 0 Å². The molecule has 1 fully saturated rings. The van der Waals surface area contributed by atoms with E-state index in [9.17, 15) is 18.3 Å². The summed E-state index contributed by atoms with van der Waals surface area (Å²) in [4.78, 5) is 13.0. The average molecular weight is 348 g/mol. The van der Waals surface area contributed by atoms with E-state index < -0.39 is 15.8 Å². The molecule has 1 saturated heterocycles. The molecule has 2 rings (SSSR count). The Labute approximate surface area is 120 Å². The van der Waals surface area contributed by atoms with Crippen molar-refractivity contribution in [2.45, 2.75) is 12.5 Å². The first-order valence-corrected chi connectivity index (χ1v) is 8.38. The van der Waals surface area contributed by atoms with Crippen molar-refractivity contribution in [3.8, 4) is 0 Å². The van der Waals surface area contributed by atoms with Crippen molar-refractivity contribution in [3.63, 3.8) is 0 Å². The van der Waals surface area contributed by atoms with Crippen LogP contribution >= 0.6 is 15.9 Å². The van der Waals surface area contributed by atoms with Crippen LogP contribution in [0, 0.1) is 0 Å². The van der Waals surface area contributed by atoms with Gasteiger partial charge in [0, 0.05) is 17.6 Å². The van der Waals surface area contributed by atoms with Crippen LogP contribution in [0.25, 0.3) is 0 Å². The van der Waals surface area contributed by atoms with E-state index in [1.807, 2.05) is 0 Å². The minimum Gasteiger partial charge on any atom is -0.478 e. The Bertz CT molecular complexity index is 614. The van der Waals surface area contributed by atoms with Gasteiger partial charge in [-0.05, 0) is 24.6 Å². The van der Waals surface area contributed by atoms with Gasteiger partial charge in [-0.1, -0.05) is 15.9 Å². The van der Waals surface area contributed by atoms with E-state index in [0.29, 0.717) is 16.6 Å². The van der Waals surface area contributed by atoms with Gasteiger partial charge in [0.05, 0.1) is 22.8 Å². The fourth-order valence-electron chi connectivity index (χ4n) is 2.26. The number of aromatic carboxylic acids is 1. The molecule has 0 saturated carbocycles. The molecule has 7 heteroatoms. The van der Waals surface area contributed by atoms with E-state index in [0.717, 1.165) is 0 Å². The summed E-state index contributed by atoms with van der Waals surface area (Å²) in [6, 6.07) is 4.81. The minimum atomic E-state index is -2.99. The van der Waals surface area contributed by atoms with Gasteiger partial charge in [0.15, 0.2) is 9.84 Å². The Morgan fingerprint density at radius 1 is 1.47 bits per heavy atom. The lowest BCUT2D eigenvalue weighted by molar-refractivity contribution is 0.0697. The van der Waals surface area contributed by atoms with Gasteiger partial charge < -0.3 is 10.0 Å². The highest BCUT2D eigenvalue weighted by atomic mass is 79.9. The first-order chi connectivity index (χ1) is 8.80. The summed E-state index contributed by atoms with van der Waals surface area (Å²) in [6.07, 6.45) is 0.536. The first-order valence-electron chi connectivity index (χ1n) is 5.76. The number of hydrogen-bond acceptors (Lipinski definition) is 4. The molecule has 0 aromatic heterocycles. The number of carbonyl (C=O) groups is 1. The van der Waals surface area contributed by atoms with Crippen LogP contribution in [0.5, 0.6) is 0 Å². The van der Waals surface area contributed by atoms with Crippen LogP contribution in [0.3, 0.4) is 0 Å². The van der Waals surface area contributed by atoms with E-state index in [1.165, 1.54) is 6.07 Å². The van der Waals surface area contributed by atoms with Gasteiger partial charge in [-0.3, -0.25) is 0 Å². The lowest BCUT2D eigenvalue weighted by Gasteiger charge is -2.27. The number of anilines is 1. The highest BCUT2D eigenvalue weighted by Crippen LogP contribution is 2.28. The molecule has 0 spiro atoms. The summed E-state index contributed by atoms with van der Waals surface area (Å²) in [6.45, 7) is 0. The Morgan fingerprint density at radius 2 is 2.16 bits per heavy atom. The highest BCUT2D eigenvalue weighted by molar-refractivity contribution is 9.10. The van der Waals surface area contributed by atoms with Gasteiger partial charge in [0.2, 0.25) is 0 Å². The third-order valence-corrected chi connectivity index (χ3v) is 5.57. The summed E-state index contributed by atoms with van der Waals surface area (Å²) < 4.78 is 23.7. The number of hydrogen-bond donors (Lipinski definition) is 1. The van der Waals surface area contributed by atoms with Crippen molar-refractivity contribution < 1.29 is 18.3 Å². The number of sulfone groups is 1. The largest absolute Gasteiger partial charge is 0.478 e. The molecule has 1 atom stereocenters. The van der Waals surface area contributed by atoms with Gasteiger partial charge in [0.1, 0.15) is 0 Å². The number of halogens is 1. The van der Waals surface area contributed by atoms with Crippen molar-refractivity contribution >= 4 is 37.4 Å². The maximum atomic E-state index is 11.5. The van der Waals surface area contributed by atoms with Crippen molar-refractivity contribution in [1.82, 2.24) is 0 Å². The maximum Gasteiger partial charge on any atom is 0.337 e. The molecular formula is C12H14BrNO4S. The average Bonchev–Trinajstić information content (AvgIpc) is 2.68. The zero-order valence-electron chi connectivity index (χ0n) is 10.3. The van der Waals surface area contributed by atoms with Crippen molar-refractivity contribution in [2.24, 2.45) is 0 Å². The summed E-state index contributed by atoms with van der Waals surface area (Å²) in [5.41, 5.74) is 0.707. The Hall–Kier alpha value is -1.08. The predicted molar refractivity (Wildman–Crippen MR) is 76.6 cm³/mol. The fourth-order valence-corrected chi connectivity index (χ4v) is 4.40.